The Balaban J connectivity index is 1.73. The van der Waals surface area contributed by atoms with Crippen molar-refractivity contribution < 1.29 is 29.0 Å². The number of carbonyl (C=O) groups is 4. The van der Waals surface area contributed by atoms with Crippen molar-refractivity contribution in [3.63, 3.8) is 0 Å². The number of aryl methyl sites for hydroxylation is 1. The van der Waals surface area contributed by atoms with Gasteiger partial charge in [-0.15, -0.1) is 0 Å². The number of cyclic esters (lactones) is 1. The van der Waals surface area contributed by atoms with Crippen molar-refractivity contribution in [2.75, 3.05) is 5.32 Å². The van der Waals surface area contributed by atoms with Crippen LogP contribution in [0, 0.1) is 12.8 Å². The summed E-state index contributed by atoms with van der Waals surface area (Å²) in [6, 6.07) is 16.7. The standard InChI is InChI=1S/C25H18ClNO6/c1-13-12-14(26)10-11-18(13)27-24(31)22(30)20(21(29)17-8-4-5-9-19(17)28)23-15-6-2-3-7-16(15)25(32)33-23/h2-12,20,23,28H,1H3,(H,27,31)/t20-,23+/m1/s1. The minimum Gasteiger partial charge on any atom is -0.507 e. The maximum Gasteiger partial charge on any atom is 0.339 e. The van der Waals surface area contributed by atoms with Crippen molar-refractivity contribution in [1.82, 2.24) is 0 Å². The van der Waals surface area contributed by atoms with Crippen molar-refractivity contribution in [3.05, 3.63) is 94.0 Å². The van der Waals surface area contributed by atoms with E-state index in [2.05, 4.69) is 5.32 Å². The molecule has 166 valence electrons. The van der Waals surface area contributed by atoms with Crippen molar-refractivity contribution in [1.29, 1.82) is 0 Å². The van der Waals surface area contributed by atoms with E-state index in [-0.39, 0.29) is 16.9 Å². The number of aromatic hydroxyl groups is 1. The number of amides is 1. The summed E-state index contributed by atoms with van der Waals surface area (Å²) in [6.45, 7) is 1.70. The molecule has 4 rings (SSSR count). The Morgan fingerprint density at radius 3 is 2.45 bits per heavy atom. The number of fused-ring (bicyclic) bond motifs is 1. The molecule has 0 unspecified atom stereocenters. The molecule has 3 aromatic rings. The molecular formula is C25H18ClNO6. The zero-order chi connectivity index (χ0) is 23.7. The van der Waals surface area contributed by atoms with Crippen LogP contribution in [0.25, 0.3) is 0 Å². The Hall–Kier alpha value is -3.97. The molecule has 0 radical (unpaired) electrons. The molecule has 1 amide bonds. The molecule has 0 saturated heterocycles. The van der Waals surface area contributed by atoms with Gasteiger partial charge >= 0.3 is 5.97 Å². The van der Waals surface area contributed by atoms with Crippen molar-refractivity contribution in [2.24, 2.45) is 5.92 Å². The lowest BCUT2D eigenvalue weighted by Crippen LogP contribution is -2.38. The molecule has 8 heteroatoms. The average Bonchev–Trinajstić information content (AvgIpc) is 3.12. The third-order valence-electron chi connectivity index (χ3n) is 5.42. The van der Waals surface area contributed by atoms with Gasteiger partial charge in [0.25, 0.3) is 5.91 Å². The number of halogens is 1. The number of ether oxygens (including phenoxy) is 1. The van der Waals surface area contributed by atoms with E-state index < -0.39 is 35.5 Å². The number of rotatable bonds is 6. The molecule has 3 aromatic carbocycles. The fraction of sp³-hybridized carbons (Fsp3) is 0.120. The molecule has 2 atom stereocenters. The van der Waals surface area contributed by atoms with Gasteiger partial charge in [0.2, 0.25) is 5.78 Å². The highest BCUT2D eigenvalue weighted by Crippen LogP contribution is 2.39. The Kier molecular flexibility index (Phi) is 5.98. The van der Waals surface area contributed by atoms with Crippen LogP contribution in [0.1, 0.15) is 37.9 Å². The third kappa shape index (κ3) is 4.23. The number of para-hydroxylation sites is 1. The van der Waals surface area contributed by atoms with Crippen molar-refractivity contribution in [3.8, 4) is 5.75 Å². The van der Waals surface area contributed by atoms with E-state index in [1.54, 1.807) is 37.3 Å². The summed E-state index contributed by atoms with van der Waals surface area (Å²) in [5.74, 6) is -5.75. The number of Topliss-reactive ketones (excluding diaryl/α,β-unsaturated/α-hetero) is 2. The molecule has 0 saturated carbocycles. The lowest BCUT2D eigenvalue weighted by atomic mass is 9.84. The zero-order valence-electron chi connectivity index (χ0n) is 17.4. The molecule has 2 N–H and O–H groups in total. The second-order valence-electron chi connectivity index (χ2n) is 7.55. The van der Waals surface area contributed by atoms with Gasteiger partial charge in [-0.3, -0.25) is 14.4 Å². The molecule has 33 heavy (non-hydrogen) atoms. The average molecular weight is 464 g/mol. The number of benzene rings is 3. The van der Waals surface area contributed by atoms with Gasteiger partial charge in [-0.1, -0.05) is 41.9 Å². The van der Waals surface area contributed by atoms with E-state index in [1.165, 1.54) is 36.4 Å². The quantitative estimate of drug-likeness (QED) is 0.244. The van der Waals surface area contributed by atoms with E-state index in [0.717, 1.165) is 0 Å². The summed E-state index contributed by atoms with van der Waals surface area (Å²) >= 11 is 5.94. The minimum absolute atomic E-state index is 0.160. The summed E-state index contributed by atoms with van der Waals surface area (Å²) in [7, 11) is 0. The van der Waals surface area contributed by atoms with E-state index in [0.29, 0.717) is 21.8 Å². The van der Waals surface area contributed by atoms with Crippen molar-refractivity contribution in [2.45, 2.75) is 13.0 Å². The monoisotopic (exact) mass is 463 g/mol. The van der Waals surface area contributed by atoms with Gasteiger partial charge in [0.15, 0.2) is 5.78 Å². The van der Waals surface area contributed by atoms with E-state index in [1.807, 2.05) is 0 Å². The fourth-order valence-electron chi connectivity index (χ4n) is 3.76. The number of nitrogens with one attached hydrogen (secondary N) is 1. The largest absolute Gasteiger partial charge is 0.507 e. The first kappa shape index (κ1) is 22.2. The van der Waals surface area contributed by atoms with Gasteiger partial charge in [-0.2, -0.15) is 0 Å². The molecule has 7 nitrogen and oxygen atoms in total. The molecule has 0 bridgehead atoms. The predicted molar refractivity (Wildman–Crippen MR) is 120 cm³/mol. The van der Waals surface area contributed by atoms with Gasteiger partial charge in [0, 0.05) is 16.3 Å². The normalized spacial score (nSPS) is 15.3. The molecule has 0 spiro atoms. The smallest absolute Gasteiger partial charge is 0.339 e. The highest BCUT2D eigenvalue weighted by molar-refractivity contribution is 6.45. The maximum absolute atomic E-state index is 13.4. The van der Waals surface area contributed by atoms with Crippen LogP contribution in [-0.4, -0.2) is 28.5 Å². The van der Waals surface area contributed by atoms with Crippen LogP contribution < -0.4 is 5.32 Å². The van der Waals surface area contributed by atoms with Crippen molar-refractivity contribution >= 4 is 40.7 Å². The highest BCUT2D eigenvalue weighted by Gasteiger charge is 2.46. The molecule has 0 aromatic heterocycles. The van der Waals surface area contributed by atoms with Gasteiger partial charge in [0.1, 0.15) is 17.8 Å². The van der Waals surface area contributed by atoms with Gasteiger partial charge in [-0.05, 0) is 48.9 Å². The summed E-state index contributed by atoms with van der Waals surface area (Å²) in [4.78, 5) is 52.0. The Bertz CT molecular complexity index is 1300. The number of hydrogen-bond acceptors (Lipinski definition) is 6. The number of carbonyl (C=O) groups excluding carboxylic acids is 4. The number of anilines is 1. The van der Waals surface area contributed by atoms with E-state index in [4.69, 9.17) is 16.3 Å². The van der Waals surface area contributed by atoms with Gasteiger partial charge < -0.3 is 15.2 Å². The highest BCUT2D eigenvalue weighted by atomic mass is 35.5. The number of esters is 1. The number of phenols is 1. The van der Waals surface area contributed by atoms with Crippen LogP contribution >= 0.6 is 11.6 Å². The Labute approximate surface area is 194 Å². The topological polar surface area (TPSA) is 110 Å². The zero-order valence-corrected chi connectivity index (χ0v) is 18.1. The van der Waals surface area contributed by atoms with Crippen LogP contribution in [0.4, 0.5) is 5.69 Å². The molecule has 0 fully saturated rings. The second kappa shape index (κ2) is 8.88. The van der Waals surface area contributed by atoms with Crippen LogP contribution in [0.3, 0.4) is 0 Å². The first-order valence-corrected chi connectivity index (χ1v) is 10.4. The SMILES string of the molecule is Cc1cc(Cl)ccc1NC(=O)C(=O)[C@@H](C(=O)c1ccccc1O)[C@H]1OC(=O)c2ccccc21. The van der Waals surface area contributed by atoms with Crippen LogP contribution in [0.5, 0.6) is 5.75 Å². The lowest BCUT2D eigenvalue weighted by Gasteiger charge is -2.21. The number of ketones is 2. The summed E-state index contributed by atoms with van der Waals surface area (Å²) in [6.07, 6.45) is -1.31. The van der Waals surface area contributed by atoms with Crippen LogP contribution in [0.15, 0.2) is 66.7 Å². The van der Waals surface area contributed by atoms with Crippen LogP contribution in [-0.2, 0) is 14.3 Å². The molecular weight excluding hydrogens is 446 g/mol. The fourth-order valence-corrected chi connectivity index (χ4v) is 3.98. The van der Waals surface area contributed by atoms with E-state index >= 15 is 0 Å². The van der Waals surface area contributed by atoms with E-state index in [9.17, 15) is 24.3 Å². The number of hydrogen-bond donors (Lipinski definition) is 2. The maximum atomic E-state index is 13.4. The second-order valence-corrected chi connectivity index (χ2v) is 7.99. The molecule has 0 aliphatic carbocycles. The summed E-state index contributed by atoms with van der Waals surface area (Å²) in [5.41, 5.74) is 1.33. The lowest BCUT2D eigenvalue weighted by molar-refractivity contribution is -0.138. The minimum atomic E-state index is -1.70. The molecule has 1 aliphatic rings. The third-order valence-corrected chi connectivity index (χ3v) is 5.65. The Morgan fingerprint density at radius 1 is 1.03 bits per heavy atom. The van der Waals surface area contributed by atoms with Gasteiger partial charge in [0.05, 0.1) is 11.1 Å². The predicted octanol–water partition coefficient (Wildman–Crippen LogP) is 4.27. The summed E-state index contributed by atoms with van der Waals surface area (Å²) < 4.78 is 5.38. The Morgan fingerprint density at radius 2 is 1.73 bits per heavy atom. The summed E-state index contributed by atoms with van der Waals surface area (Å²) in [5, 5.41) is 13.1. The van der Waals surface area contributed by atoms with Gasteiger partial charge in [-0.25, -0.2) is 4.79 Å². The number of phenolic OH excluding ortho intramolecular Hbond substituents is 1. The molecule has 1 heterocycles. The molecule has 1 aliphatic heterocycles. The first-order valence-electron chi connectivity index (χ1n) is 10.0. The van der Waals surface area contributed by atoms with Crippen LogP contribution in [0.2, 0.25) is 5.02 Å². The first-order chi connectivity index (χ1) is 15.8.